The Labute approximate surface area is 103 Å². The molecule has 0 saturated heterocycles. The Bertz CT molecular complexity index is 304. The zero-order chi connectivity index (χ0) is 11.8. The van der Waals surface area contributed by atoms with Crippen molar-refractivity contribution in [2.45, 2.75) is 13.8 Å². The second kappa shape index (κ2) is 7.53. The first-order valence-corrected chi connectivity index (χ1v) is 6.28. The largest absolute Gasteiger partial charge is 0.492 e. The van der Waals surface area contributed by atoms with Crippen molar-refractivity contribution in [2.24, 2.45) is 0 Å². The van der Waals surface area contributed by atoms with Crippen LogP contribution in [0.15, 0.2) is 24.3 Å². The normalized spacial score (nSPS) is 10.8. The van der Waals surface area contributed by atoms with Gasteiger partial charge in [0.2, 0.25) is 0 Å². The number of halogens is 1. The molecular formula is C13H20ClNO. The molecule has 3 heteroatoms. The summed E-state index contributed by atoms with van der Waals surface area (Å²) in [4.78, 5) is 2.28. The maximum Gasteiger partial charge on any atom is 0.122 e. The van der Waals surface area contributed by atoms with E-state index in [1.807, 2.05) is 18.2 Å². The molecule has 1 aromatic carbocycles. The van der Waals surface area contributed by atoms with Crippen LogP contribution < -0.4 is 4.74 Å². The van der Waals surface area contributed by atoms with Crippen LogP contribution in [0.3, 0.4) is 0 Å². The number of benzene rings is 1. The summed E-state index contributed by atoms with van der Waals surface area (Å²) in [5, 5.41) is 0. The maximum absolute atomic E-state index is 5.73. The summed E-state index contributed by atoms with van der Waals surface area (Å²) in [6.07, 6.45) is 0. The molecule has 0 aliphatic carbocycles. The van der Waals surface area contributed by atoms with Crippen LogP contribution in [0.2, 0.25) is 0 Å². The Morgan fingerprint density at radius 1 is 1.25 bits per heavy atom. The molecule has 0 fully saturated rings. The summed E-state index contributed by atoms with van der Waals surface area (Å²) in [6, 6.07) is 8.09. The third kappa shape index (κ3) is 4.42. The number of likely N-dealkylation sites (N-methyl/N-ethyl adjacent to an activating group) is 1. The van der Waals surface area contributed by atoms with Gasteiger partial charge in [-0.05, 0) is 25.1 Å². The zero-order valence-electron chi connectivity index (χ0n) is 10.1. The molecule has 0 amide bonds. The second-order valence-corrected chi connectivity index (χ2v) is 4.12. The molecule has 2 nitrogen and oxygen atoms in total. The summed E-state index contributed by atoms with van der Waals surface area (Å²) in [7, 11) is 0. The van der Waals surface area contributed by atoms with E-state index in [0.29, 0.717) is 5.88 Å². The maximum atomic E-state index is 5.73. The van der Waals surface area contributed by atoms with E-state index in [9.17, 15) is 0 Å². The highest BCUT2D eigenvalue weighted by atomic mass is 35.5. The highest BCUT2D eigenvalue weighted by Gasteiger charge is 2.02. The van der Waals surface area contributed by atoms with Crippen molar-refractivity contribution in [1.29, 1.82) is 0 Å². The standard InChI is InChI=1S/C13H20ClNO/c1-3-15(9-8-14)10-11-16-13-7-5-4-6-12(13)2/h4-7H,3,8-11H2,1-2H3. The minimum atomic E-state index is 0.679. The van der Waals surface area contributed by atoms with E-state index in [1.165, 1.54) is 5.56 Å². The zero-order valence-corrected chi connectivity index (χ0v) is 10.8. The Morgan fingerprint density at radius 3 is 2.62 bits per heavy atom. The van der Waals surface area contributed by atoms with Gasteiger partial charge in [-0.2, -0.15) is 0 Å². The van der Waals surface area contributed by atoms with Crippen molar-refractivity contribution >= 4 is 11.6 Å². The summed E-state index contributed by atoms with van der Waals surface area (Å²) in [5.74, 6) is 1.66. The van der Waals surface area contributed by atoms with E-state index >= 15 is 0 Å². The van der Waals surface area contributed by atoms with Gasteiger partial charge in [-0.3, -0.25) is 4.90 Å². The average Bonchev–Trinajstić information content (AvgIpc) is 2.30. The summed E-state index contributed by atoms with van der Waals surface area (Å²) in [5.41, 5.74) is 1.18. The molecule has 0 aliphatic rings. The molecule has 0 radical (unpaired) electrons. The third-order valence-electron chi connectivity index (χ3n) is 2.61. The van der Waals surface area contributed by atoms with Crippen LogP contribution in [0, 0.1) is 6.92 Å². The van der Waals surface area contributed by atoms with Crippen molar-refractivity contribution in [3.05, 3.63) is 29.8 Å². The third-order valence-corrected chi connectivity index (χ3v) is 2.78. The lowest BCUT2D eigenvalue weighted by molar-refractivity contribution is 0.223. The van der Waals surface area contributed by atoms with Crippen molar-refractivity contribution in [1.82, 2.24) is 4.90 Å². The molecule has 0 saturated carbocycles. The first-order chi connectivity index (χ1) is 7.77. The number of aryl methyl sites for hydroxylation is 1. The van der Waals surface area contributed by atoms with Gasteiger partial charge < -0.3 is 4.74 Å². The molecule has 0 heterocycles. The molecule has 1 aromatic rings. The van der Waals surface area contributed by atoms with Gasteiger partial charge in [-0.25, -0.2) is 0 Å². The molecule has 90 valence electrons. The number of hydrogen-bond acceptors (Lipinski definition) is 2. The average molecular weight is 242 g/mol. The molecular weight excluding hydrogens is 222 g/mol. The molecule has 0 aromatic heterocycles. The topological polar surface area (TPSA) is 12.5 Å². The number of para-hydroxylation sites is 1. The number of nitrogens with zero attached hydrogens (tertiary/aromatic N) is 1. The van der Waals surface area contributed by atoms with Gasteiger partial charge in [0.15, 0.2) is 0 Å². The smallest absolute Gasteiger partial charge is 0.122 e. The number of ether oxygens (including phenoxy) is 1. The van der Waals surface area contributed by atoms with E-state index in [1.54, 1.807) is 0 Å². The van der Waals surface area contributed by atoms with Crippen LogP contribution in [0.5, 0.6) is 5.75 Å². The van der Waals surface area contributed by atoms with Crippen molar-refractivity contribution in [3.8, 4) is 5.75 Å². The van der Waals surface area contributed by atoms with Crippen molar-refractivity contribution in [2.75, 3.05) is 32.1 Å². The summed E-state index contributed by atoms with van der Waals surface area (Å²) >= 11 is 5.71. The first-order valence-electron chi connectivity index (χ1n) is 5.74. The van der Waals surface area contributed by atoms with Crippen LogP contribution in [0.1, 0.15) is 12.5 Å². The SMILES string of the molecule is CCN(CCCl)CCOc1ccccc1C. The van der Waals surface area contributed by atoms with Gasteiger partial charge in [-0.1, -0.05) is 25.1 Å². The minimum Gasteiger partial charge on any atom is -0.492 e. The van der Waals surface area contributed by atoms with E-state index in [4.69, 9.17) is 16.3 Å². The first kappa shape index (κ1) is 13.3. The van der Waals surface area contributed by atoms with Gasteiger partial charge in [0.25, 0.3) is 0 Å². The fraction of sp³-hybridized carbons (Fsp3) is 0.538. The van der Waals surface area contributed by atoms with Gasteiger partial charge in [0, 0.05) is 19.0 Å². The Balaban J connectivity index is 2.32. The Kier molecular flexibility index (Phi) is 6.27. The monoisotopic (exact) mass is 241 g/mol. The molecule has 0 unspecified atom stereocenters. The summed E-state index contributed by atoms with van der Waals surface area (Å²) < 4.78 is 5.73. The van der Waals surface area contributed by atoms with Crippen LogP contribution in [-0.2, 0) is 0 Å². The Morgan fingerprint density at radius 2 is 2.00 bits per heavy atom. The molecule has 0 N–H and O–H groups in total. The molecule has 16 heavy (non-hydrogen) atoms. The predicted molar refractivity (Wildman–Crippen MR) is 69.5 cm³/mol. The number of hydrogen-bond donors (Lipinski definition) is 0. The number of rotatable bonds is 7. The van der Waals surface area contributed by atoms with Gasteiger partial charge >= 0.3 is 0 Å². The Hall–Kier alpha value is -0.730. The summed E-state index contributed by atoms with van der Waals surface area (Å²) in [6.45, 7) is 7.79. The lowest BCUT2D eigenvalue weighted by atomic mass is 10.2. The highest BCUT2D eigenvalue weighted by molar-refractivity contribution is 6.18. The van der Waals surface area contributed by atoms with Crippen LogP contribution in [0.25, 0.3) is 0 Å². The van der Waals surface area contributed by atoms with Gasteiger partial charge in [-0.15, -0.1) is 11.6 Å². The molecule has 0 bridgehead atoms. The number of alkyl halides is 1. The molecule has 0 aliphatic heterocycles. The molecule has 1 rings (SSSR count). The van der Waals surface area contributed by atoms with Gasteiger partial charge in [0.05, 0.1) is 0 Å². The lowest BCUT2D eigenvalue weighted by Crippen LogP contribution is -2.30. The van der Waals surface area contributed by atoms with E-state index in [0.717, 1.165) is 32.0 Å². The van der Waals surface area contributed by atoms with Crippen LogP contribution in [0.4, 0.5) is 0 Å². The van der Waals surface area contributed by atoms with Gasteiger partial charge in [0.1, 0.15) is 12.4 Å². The molecule has 0 spiro atoms. The van der Waals surface area contributed by atoms with E-state index in [2.05, 4.69) is 24.8 Å². The minimum absolute atomic E-state index is 0.679. The molecule has 0 atom stereocenters. The van der Waals surface area contributed by atoms with E-state index < -0.39 is 0 Å². The van der Waals surface area contributed by atoms with Crippen LogP contribution >= 0.6 is 11.6 Å². The fourth-order valence-electron chi connectivity index (χ4n) is 1.55. The lowest BCUT2D eigenvalue weighted by Gasteiger charge is -2.19. The van der Waals surface area contributed by atoms with Crippen LogP contribution in [-0.4, -0.2) is 37.0 Å². The van der Waals surface area contributed by atoms with Crippen molar-refractivity contribution < 1.29 is 4.74 Å². The second-order valence-electron chi connectivity index (χ2n) is 3.74. The highest BCUT2D eigenvalue weighted by Crippen LogP contribution is 2.15. The van der Waals surface area contributed by atoms with E-state index in [-0.39, 0.29) is 0 Å². The predicted octanol–water partition coefficient (Wildman–Crippen LogP) is 2.93. The quantitative estimate of drug-likeness (QED) is 0.681. The van der Waals surface area contributed by atoms with Crippen molar-refractivity contribution in [3.63, 3.8) is 0 Å². The fourth-order valence-corrected chi connectivity index (χ4v) is 1.79.